The zero-order valence-electron chi connectivity index (χ0n) is 4.00. The molecule has 0 amide bonds. The van der Waals surface area contributed by atoms with Crippen molar-refractivity contribution in [2.24, 2.45) is 0 Å². The largest absolute Gasteiger partial charge is 0 e. The van der Waals surface area contributed by atoms with Crippen molar-refractivity contribution in [3.63, 3.8) is 0 Å². The maximum absolute atomic E-state index is 0. The van der Waals surface area contributed by atoms with E-state index < -0.39 is 0 Å². The molecule has 0 rings (SSSR count). The van der Waals surface area contributed by atoms with E-state index in [4.69, 9.17) is 0 Å². The van der Waals surface area contributed by atoms with Crippen LogP contribution in [-0.4, -0.2) is 108 Å². The monoisotopic (exact) mass is 60.0 g/mol. The fourth-order valence-electron chi connectivity index (χ4n) is 0. The molecule has 0 unspecified atom stereocenters. The Morgan fingerprint density at radius 1 is 0.500 bits per heavy atom. The minimum atomic E-state index is 0. The van der Waals surface area contributed by atoms with Crippen molar-refractivity contribution >= 4 is 108 Å². The van der Waals surface area contributed by atoms with Gasteiger partial charge in [0.25, 0.3) is 0 Å². The van der Waals surface area contributed by atoms with Crippen molar-refractivity contribution in [1.82, 2.24) is 0 Å². The molecule has 0 bridgehead atoms. The first-order valence-corrected chi connectivity index (χ1v) is 0. The van der Waals surface area contributed by atoms with Crippen LogP contribution in [-0.2, 0) is 0 Å². The minimum absolute atomic E-state index is 0. The van der Waals surface area contributed by atoms with E-state index in [0.29, 0.717) is 0 Å². The van der Waals surface area contributed by atoms with Gasteiger partial charge in [-0.05, 0) is 0 Å². The van der Waals surface area contributed by atoms with Crippen molar-refractivity contribution in [3.8, 4) is 0 Å². The van der Waals surface area contributed by atoms with Crippen LogP contribution in [0.3, 0.4) is 0 Å². The van der Waals surface area contributed by atoms with Gasteiger partial charge < -0.3 is 0 Å². The molecule has 0 aliphatic heterocycles. The van der Waals surface area contributed by atoms with E-state index in [1.165, 1.54) is 0 Å². The molecule has 0 N–H and O–H groups in total. The minimum Gasteiger partial charge on any atom is 0 e. The van der Waals surface area contributed by atoms with Crippen molar-refractivity contribution < 1.29 is 0 Å². The molecule has 0 spiro atoms. The third-order valence-electron chi connectivity index (χ3n) is 0. The first kappa shape index (κ1) is 26.1. The number of hydrogen-bond acceptors (Lipinski definition) is 0. The summed E-state index contributed by atoms with van der Waals surface area (Å²) < 4.78 is 0. The molecule has 4 valence electrons. The third kappa shape index (κ3) is 9.06. The summed E-state index contributed by atoms with van der Waals surface area (Å²) >= 11 is 0. The molecule has 0 aliphatic rings. The van der Waals surface area contributed by atoms with E-state index in [-0.39, 0.29) is 108 Å². The van der Waals surface area contributed by atoms with Gasteiger partial charge in [0, 0.05) is 108 Å². The Bertz CT molecular complexity index is 3.25. The van der Waals surface area contributed by atoms with Gasteiger partial charge in [-0.1, -0.05) is 0 Å². The van der Waals surface area contributed by atoms with Crippen LogP contribution in [0.4, 0.5) is 0 Å². The predicted molar refractivity (Wildman–Crippen MR) is 23.0 cm³/mol. The summed E-state index contributed by atoms with van der Waals surface area (Å²) in [5, 5.41) is 0. The fourth-order valence-corrected chi connectivity index (χ4v) is 0. The van der Waals surface area contributed by atoms with Crippen molar-refractivity contribution in [2.45, 2.75) is 0 Å². The van der Waals surface area contributed by atoms with Crippen LogP contribution < -0.4 is 0 Å². The molecule has 0 aliphatic carbocycles. The summed E-state index contributed by atoms with van der Waals surface area (Å²) in [4.78, 5) is 0. The maximum Gasteiger partial charge on any atom is 0 e. The molecule has 0 aromatic carbocycles. The van der Waals surface area contributed by atoms with Crippen molar-refractivity contribution in [3.05, 3.63) is 0 Å². The number of hydrogen-bond donors (Lipinski definition) is 0. The van der Waals surface area contributed by atoms with E-state index in [2.05, 4.69) is 0 Å². The Balaban J connectivity index is 0. The standard InChI is InChI=1S/K.3Li. The molecule has 0 heterocycles. The second-order valence-electron chi connectivity index (χ2n) is 0. The van der Waals surface area contributed by atoms with Crippen LogP contribution in [0.1, 0.15) is 0 Å². The Hall–Kier alpha value is 3.43. The second kappa shape index (κ2) is 16.1. The van der Waals surface area contributed by atoms with Crippen molar-refractivity contribution in [1.29, 1.82) is 0 Å². The summed E-state index contributed by atoms with van der Waals surface area (Å²) in [7, 11) is 0. The molecule has 0 saturated carbocycles. The summed E-state index contributed by atoms with van der Waals surface area (Å²) in [5.41, 5.74) is 0. The predicted octanol–water partition coefficient (Wildman–Crippen LogP) is -1.52. The van der Waals surface area contributed by atoms with Gasteiger partial charge in [0.1, 0.15) is 0 Å². The van der Waals surface area contributed by atoms with Crippen LogP contribution in [0.5, 0.6) is 0 Å². The van der Waals surface area contributed by atoms with E-state index in [9.17, 15) is 0 Å². The Morgan fingerprint density at radius 3 is 0.500 bits per heavy atom. The summed E-state index contributed by atoms with van der Waals surface area (Å²) in [5.74, 6) is 0. The Morgan fingerprint density at radius 2 is 0.500 bits per heavy atom. The van der Waals surface area contributed by atoms with E-state index in [0.717, 1.165) is 0 Å². The van der Waals surface area contributed by atoms with E-state index >= 15 is 0 Å². The van der Waals surface area contributed by atoms with Gasteiger partial charge >= 0.3 is 0 Å². The fraction of sp³-hybridized carbons (Fsp3) is 0. The van der Waals surface area contributed by atoms with Gasteiger partial charge in [-0.15, -0.1) is 0 Å². The first-order chi connectivity index (χ1) is 0. The topological polar surface area (TPSA) is 0 Å². The summed E-state index contributed by atoms with van der Waals surface area (Å²) in [6, 6.07) is 0. The molecule has 0 fully saturated rings. The molecular weight excluding hydrogens is 59.9 g/mol. The van der Waals surface area contributed by atoms with Crippen LogP contribution in [0.2, 0.25) is 0 Å². The van der Waals surface area contributed by atoms with Gasteiger partial charge in [-0.2, -0.15) is 0 Å². The van der Waals surface area contributed by atoms with E-state index in [1.54, 1.807) is 0 Å². The van der Waals surface area contributed by atoms with Gasteiger partial charge in [0.05, 0.1) is 0 Å². The Kier molecular flexibility index (Phi) is 105. The Labute approximate surface area is 105 Å². The average molecular weight is 59.9 g/mol. The number of rotatable bonds is 0. The average Bonchev–Trinajstić information content (AvgIpc) is 0. The normalized spacial score (nSPS) is 0. The van der Waals surface area contributed by atoms with Crippen LogP contribution in [0.15, 0.2) is 0 Å². The smallest absolute Gasteiger partial charge is 0 e. The van der Waals surface area contributed by atoms with Crippen LogP contribution in [0.25, 0.3) is 0 Å². The maximum atomic E-state index is 0. The molecule has 0 saturated heterocycles. The molecule has 4 heteroatoms. The first-order valence-electron chi connectivity index (χ1n) is 0. The van der Waals surface area contributed by atoms with Gasteiger partial charge in [0.2, 0.25) is 0 Å². The molecular formula is KLi3. The molecule has 4 radical (unpaired) electrons. The summed E-state index contributed by atoms with van der Waals surface area (Å²) in [6.07, 6.45) is 0. The zero-order chi connectivity index (χ0) is 0. The second-order valence-corrected chi connectivity index (χ2v) is 0. The molecule has 0 atom stereocenters. The molecule has 4 heavy (non-hydrogen) atoms. The van der Waals surface area contributed by atoms with Crippen molar-refractivity contribution in [2.75, 3.05) is 0 Å². The van der Waals surface area contributed by atoms with Gasteiger partial charge in [0.15, 0.2) is 0 Å². The van der Waals surface area contributed by atoms with Crippen LogP contribution in [0, 0.1) is 0 Å². The SMILES string of the molecule is [K].[Li].[Li].[Li]. The summed E-state index contributed by atoms with van der Waals surface area (Å²) in [6.45, 7) is 0. The van der Waals surface area contributed by atoms with Crippen LogP contribution >= 0.6 is 0 Å². The zero-order valence-corrected chi connectivity index (χ0v) is 7.12. The quantitative estimate of drug-likeness (QED) is 0.298. The van der Waals surface area contributed by atoms with Gasteiger partial charge in [-0.25, -0.2) is 0 Å². The molecule has 0 aromatic rings. The molecule has 0 aromatic heterocycles. The van der Waals surface area contributed by atoms with E-state index in [1.807, 2.05) is 0 Å². The third-order valence-corrected chi connectivity index (χ3v) is 0. The molecule has 0 nitrogen and oxygen atoms in total. The van der Waals surface area contributed by atoms with Gasteiger partial charge in [-0.3, -0.25) is 0 Å².